The van der Waals surface area contributed by atoms with Crippen molar-refractivity contribution in [2.24, 2.45) is 5.84 Å². The number of nitrogens with zero attached hydrogens (tertiary/aromatic N) is 2. The van der Waals surface area contributed by atoms with Crippen molar-refractivity contribution < 1.29 is 8.42 Å². The summed E-state index contributed by atoms with van der Waals surface area (Å²) in [4.78, 5) is 4.15. The number of fused-ring (bicyclic) bond motifs is 1. The van der Waals surface area contributed by atoms with Crippen LogP contribution in [0.15, 0.2) is 29.4 Å². The van der Waals surface area contributed by atoms with Crippen molar-refractivity contribution in [3.63, 3.8) is 0 Å². The number of nitrogen functional groups attached to an aromatic ring is 1. The fourth-order valence-electron chi connectivity index (χ4n) is 1.82. The maximum atomic E-state index is 12.4. The van der Waals surface area contributed by atoms with E-state index in [9.17, 15) is 8.42 Å². The minimum Gasteiger partial charge on any atom is -0.306 e. The van der Waals surface area contributed by atoms with E-state index in [4.69, 9.17) is 5.84 Å². The molecule has 0 aliphatic heterocycles. The highest BCUT2D eigenvalue weighted by Crippen LogP contribution is 2.21. The number of nitrogens with two attached hydrogens (primary N) is 1. The molecule has 110 valence electrons. The van der Waals surface area contributed by atoms with Crippen LogP contribution in [0.3, 0.4) is 0 Å². The smallest absolute Gasteiger partial charge is 0.260 e. The first kappa shape index (κ1) is 15.1. The van der Waals surface area contributed by atoms with Gasteiger partial charge in [0.2, 0.25) is 0 Å². The molecule has 7 nitrogen and oxygen atoms in total. The summed E-state index contributed by atoms with van der Waals surface area (Å²) in [6.07, 6.45) is 4.39. The molecule has 4 N–H and O–H groups in total. The molecule has 2 aromatic heterocycles. The number of thioether (sulfide) groups is 1. The first-order chi connectivity index (χ1) is 9.60. The van der Waals surface area contributed by atoms with Crippen LogP contribution in [0, 0.1) is 0 Å². The average molecular weight is 315 g/mol. The first-order valence-electron chi connectivity index (χ1n) is 6.02. The Balaban J connectivity index is 2.35. The molecule has 0 atom stereocenters. The Hall–Kier alpha value is -1.29. The molecular weight excluding hydrogens is 298 g/mol. The van der Waals surface area contributed by atoms with Crippen molar-refractivity contribution in [3.05, 3.63) is 24.4 Å². The van der Waals surface area contributed by atoms with Gasteiger partial charge in [-0.15, -0.1) is 0 Å². The highest BCUT2D eigenvalue weighted by molar-refractivity contribution is 7.98. The van der Waals surface area contributed by atoms with Crippen LogP contribution in [0.4, 0.5) is 5.82 Å². The molecule has 9 heteroatoms. The maximum absolute atomic E-state index is 12.4. The standard InChI is InChI=1S/C11H17N5O2S2/c1-19-8-4-6-13-20(17,18)11-10(15-12)14-9-5-2-3-7-16(9)11/h2-3,5,7,13,15H,4,6,8,12H2,1H3. The Labute approximate surface area is 122 Å². The van der Waals surface area contributed by atoms with Crippen molar-refractivity contribution in [1.29, 1.82) is 0 Å². The second-order valence-electron chi connectivity index (χ2n) is 4.08. The topological polar surface area (TPSA) is 102 Å². The maximum Gasteiger partial charge on any atom is 0.260 e. The fraction of sp³-hybridized carbons (Fsp3) is 0.364. The van der Waals surface area contributed by atoms with E-state index in [1.165, 1.54) is 4.40 Å². The number of rotatable bonds is 7. The number of nitrogens with one attached hydrogen (secondary N) is 2. The zero-order valence-corrected chi connectivity index (χ0v) is 12.7. The van der Waals surface area contributed by atoms with E-state index in [0.29, 0.717) is 12.2 Å². The molecule has 2 heterocycles. The van der Waals surface area contributed by atoms with Crippen LogP contribution in [0.5, 0.6) is 0 Å². The van der Waals surface area contributed by atoms with Gasteiger partial charge in [0.25, 0.3) is 10.0 Å². The van der Waals surface area contributed by atoms with Gasteiger partial charge in [-0.1, -0.05) is 6.07 Å². The lowest BCUT2D eigenvalue weighted by Crippen LogP contribution is -2.27. The van der Waals surface area contributed by atoms with Crippen LogP contribution in [-0.4, -0.2) is 36.4 Å². The number of imidazole rings is 1. The third-order valence-electron chi connectivity index (χ3n) is 2.69. The summed E-state index contributed by atoms with van der Waals surface area (Å²) in [5.41, 5.74) is 2.86. The van der Waals surface area contributed by atoms with Crippen LogP contribution in [0.1, 0.15) is 6.42 Å². The van der Waals surface area contributed by atoms with E-state index in [1.807, 2.05) is 6.26 Å². The van der Waals surface area contributed by atoms with Gasteiger partial charge in [-0.2, -0.15) is 11.8 Å². The molecule has 0 aliphatic rings. The van der Waals surface area contributed by atoms with Gasteiger partial charge < -0.3 is 5.43 Å². The Morgan fingerprint density at radius 2 is 2.25 bits per heavy atom. The van der Waals surface area contributed by atoms with Crippen molar-refractivity contribution >= 4 is 33.3 Å². The molecule has 0 radical (unpaired) electrons. The van der Waals surface area contributed by atoms with Crippen LogP contribution in [0.2, 0.25) is 0 Å². The van der Waals surface area contributed by atoms with Crippen molar-refractivity contribution in [2.75, 3.05) is 24.0 Å². The van der Waals surface area contributed by atoms with Crippen molar-refractivity contribution in [2.45, 2.75) is 11.4 Å². The molecule has 2 aromatic rings. The summed E-state index contributed by atoms with van der Waals surface area (Å²) in [6.45, 7) is 0.382. The Bertz CT molecular complexity index is 683. The number of hydrazine groups is 1. The number of hydrogen-bond donors (Lipinski definition) is 3. The molecular formula is C11H17N5O2S2. The van der Waals surface area contributed by atoms with E-state index < -0.39 is 10.0 Å². The van der Waals surface area contributed by atoms with Gasteiger partial charge in [-0.25, -0.2) is 24.0 Å². The molecule has 0 amide bonds. The van der Waals surface area contributed by atoms with Gasteiger partial charge in [0.1, 0.15) is 5.65 Å². The number of hydrogen-bond acceptors (Lipinski definition) is 6. The number of sulfonamides is 1. The summed E-state index contributed by atoms with van der Waals surface area (Å²) < 4.78 is 28.8. The van der Waals surface area contributed by atoms with Crippen molar-refractivity contribution in [3.8, 4) is 0 Å². The average Bonchev–Trinajstić information content (AvgIpc) is 2.83. The molecule has 0 fully saturated rings. The van der Waals surface area contributed by atoms with Crippen LogP contribution >= 0.6 is 11.8 Å². The third-order valence-corrected chi connectivity index (χ3v) is 4.87. The summed E-state index contributed by atoms with van der Waals surface area (Å²) >= 11 is 1.68. The number of anilines is 1. The van der Waals surface area contributed by atoms with Crippen LogP contribution < -0.4 is 16.0 Å². The minimum atomic E-state index is -3.67. The molecule has 2 rings (SSSR count). The second kappa shape index (κ2) is 6.44. The highest BCUT2D eigenvalue weighted by Gasteiger charge is 2.24. The van der Waals surface area contributed by atoms with Gasteiger partial charge >= 0.3 is 0 Å². The van der Waals surface area contributed by atoms with E-state index >= 15 is 0 Å². The predicted molar refractivity (Wildman–Crippen MR) is 81.2 cm³/mol. The fourth-order valence-corrected chi connectivity index (χ4v) is 3.57. The summed E-state index contributed by atoms with van der Waals surface area (Å²) in [5, 5.41) is 0.0275. The summed E-state index contributed by atoms with van der Waals surface area (Å²) in [6, 6.07) is 5.24. The molecule has 0 saturated heterocycles. The minimum absolute atomic E-state index is 0.0275. The van der Waals surface area contributed by atoms with E-state index in [0.717, 1.165) is 12.2 Å². The molecule has 0 unspecified atom stereocenters. The molecule has 0 aliphatic carbocycles. The van der Waals surface area contributed by atoms with Gasteiger partial charge in [-0.3, -0.25) is 4.40 Å². The monoisotopic (exact) mass is 315 g/mol. The zero-order valence-electron chi connectivity index (χ0n) is 11.0. The van der Waals surface area contributed by atoms with Crippen molar-refractivity contribution in [1.82, 2.24) is 14.1 Å². The summed E-state index contributed by atoms with van der Waals surface area (Å²) in [7, 11) is -3.67. The SMILES string of the molecule is CSCCCNS(=O)(=O)c1c(NN)nc2ccccn12. The van der Waals surface area contributed by atoms with Crippen LogP contribution in [-0.2, 0) is 10.0 Å². The second-order valence-corrected chi connectivity index (χ2v) is 6.75. The van der Waals surface area contributed by atoms with Gasteiger partial charge in [0.05, 0.1) is 0 Å². The van der Waals surface area contributed by atoms with Gasteiger partial charge in [0, 0.05) is 12.7 Å². The lowest BCUT2D eigenvalue weighted by molar-refractivity contribution is 0.576. The first-order valence-corrected chi connectivity index (χ1v) is 8.90. The van der Waals surface area contributed by atoms with E-state index in [-0.39, 0.29) is 10.8 Å². The molecule has 20 heavy (non-hydrogen) atoms. The largest absolute Gasteiger partial charge is 0.306 e. The Morgan fingerprint density at radius 3 is 2.95 bits per heavy atom. The quantitative estimate of drug-likeness (QED) is 0.394. The Kier molecular flexibility index (Phi) is 4.86. The predicted octanol–water partition coefficient (Wildman–Crippen LogP) is 0.651. The molecule has 0 saturated carbocycles. The van der Waals surface area contributed by atoms with Gasteiger partial charge in [-0.05, 0) is 30.6 Å². The van der Waals surface area contributed by atoms with E-state index in [2.05, 4.69) is 15.1 Å². The lowest BCUT2D eigenvalue weighted by Gasteiger charge is -2.07. The summed E-state index contributed by atoms with van der Waals surface area (Å²) in [5.74, 6) is 6.40. The van der Waals surface area contributed by atoms with Crippen LogP contribution in [0.25, 0.3) is 5.65 Å². The lowest BCUT2D eigenvalue weighted by atomic mass is 10.5. The number of pyridine rings is 1. The molecule has 0 aromatic carbocycles. The normalized spacial score (nSPS) is 11.9. The third kappa shape index (κ3) is 3.06. The highest BCUT2D eigenvalue weighted by atomic mass is 32.2. The zero-order chi connectivity index (χ0) is 14.6. The molecule has 0 spiro atoms. The number of aromatic nitrogens is 2. The van der Waals surface area contributed by atoms with Gasteiger partial charge in [0.15, 0.2) is 10.8 Å². The molecule has 0 bridgehead atoms. The Morgan fingerprint density at radius 1 is 1.45 bits per heavy atom. The van der Waals surface area contributed by atoms with E-state index in [1.54, 1.807) is 36.2 Å².